The van der Waals surface area contributed by atoms with Gasteiger partial charge in [-0.15, -0.1) is 0 Å². The Kier molecular flexibility index (Phi) is 4.49. The molecule has 0 aromatic carbocycles. The van der Waals surface area contributed by atoms with Gasteiger partial charge in [0, 0.05) is 25.5 Å². The molecule has 2 aromatic rings. The lowest BCUT2D eigenvalue weighted by atomic mass is 9.96. The number of amides is 1. The van der Waals surface area contributed by atoms with Crippen LogP contribution in [-0.4, -0.2) is 56.1 Å². The van der Waals surface area contributed by atoms with Crippen LogP contribution in [0.5, 0.6) is 0 Å². The molecule has 0 saturated carbocycles. The van der Waals surface area contributed by atoms with E-state index in [0.29, 0.717) is 50.4 Å². The van der Waals surface area contributed by atoms with Crippen LogP contribution in [0.3, 0.4) is 0 Å². The molecular formula is C16H21N3O4. The number of rotatable bonds is 4. The molecule has 0 radical (unpaired) electrons. The Labute approximate surface area is 134 Å². The highest BCUT2D eigenvalue weighted by molar-refractivity contribution is 5.91. The van der Waals surface area contributed by atoms with E-state index in [4.69, 9.17) is 4.42 Å². The van der Waals surface area contributed by atoms with Gasteiger partial charge in [-0.2, -0.15) is 5.10 Å². The highest BCUT2D eigenvalue weighted by atomic mass is 16.4. The van der Waals surface area contributed by atoms with Crippen molar-refractivity contribution in [2.45, 2.75) is 31.4 Å². The number of aliphatic hydroxyl groups is 2. The largest absolute Gasteiger partial charge is 0.454 e. The molecule has 3 heterocycles. The summed E-state index contributed by atoms with van der Waals surface area (Å²) in [6, 6.07) is 5.27. The molecule has 1 atom stereocenters. The minimum Gasteiger partial charge on any atom is -0.454 e. The van der Waals surface area contributed by atoms with Crippen molar-refractivity contribution in [2.75, 3.05) is 19.7 Å². The van der Waals surface area contributed by atoms with Gasteiger partial charge in [0.05, 0.1) is 18.8 Å². The van der Waals surface area contributed by atoms with Gasteiger partial charge in [-0.1, -0.05) is 0 Å². The molecule has 2 aromatic heterocycles. The fourth-order valence-electron chi connectivity index (χ4n) is 2.83. The molecule has 0 unspecified atom stereocenters. The summed E-state index contributed by atoms with van der Waals surface area (Å²) in [6.45, 7) is 1.16. The van der Waals surface area contributed by atoms with Gasteiger partial charge in [0.25, 0.3) is 5.91 Å². The monoisotopic (exact) mass is 319 g/mol. The zero-order valence-corrected chi connectivity index (χ0v) is 12.9. The van der Waals surface area contributed by atoms with Crippen molar-refractivity contribution < 1.29 is 19.4 Å². The van der Waals surface area contributed by atoms with Crippen LogP contribution in [0, 0.1) is 0 Å². The summed E-state index contributed by atoms with van der Waals surface area (Å²) in [5.74, 6) is 0.777. The third kappa shape index (κ3) is 3.62. The van der Waals surface area contributed by atoms with E-state index in [-0.39, 0.29) is 12.5 Å². The standard InChI is InChI=1S/C16H21N3O4/c20-12-16(22)5-1-8-18(10-6-16)15(21)14-4-3-13(23-14)11-19-9-2-7-17-19/h2-4,7,9,20,22H,1,5-6,8,10-12H2/t16-/m1/s1. The SMILES string of the molecule is O=C(c1ccc(Cn2cccn2)o1)N1CCC[C@](O)(CO)CC1. The number of carbonyl (C=O) groups excluding carboxylic acids is 1. The van der Waals surface area contributed by atoms with Crippen molar-refractivity contribution >= 4 is 5.91 Å². The predicted octanol–water partition coefficient (Wildman–Crippen LogP) is 0.874. The zero-order chi connectivity index (χ0) is 16.3. The summed E-state index contributed by atoms with van der Waals surface area (Å²) in [4.78, 5) is 14.2. The Morgan fingerprint density at radius 1 is 1.35 bits per heavy atom. The molecule has 1 fully saturated rings. The number of carbonyl (C=O) groups is 1. The minimum atomic E-state index is -1.08. The maximum Gasteiger partial charge on any atom is 0.289 e. The lowest BCUT2D eigenvalue weighted by Gasteiger charge is -2.24. The van der Waals surface area contributed by atoms with Crippen LogP contribution in [-0.2, 0) is 6.54 Å². The molecular weight excluding hydrogens is 298 g/mol. The maximum absolute atomic E-state index is 12.5. The Hall–Kier alpha value is -2.12. The topological polar surface area (TPSA) is 91.7 Å². The Bertz CT molecular complexity index is 652. The Balaban J connectivity index is 1.65. The number of likely N-dealkylation sites (tertiary alicyclic amines) is 1. The Morgan fingerprint density at radius 3 is 2.96 bits per heavy atom. The van der Waals surface area contributed by atoms with Crippen LogP contribution in [0.15, 0.2) is 35.0 Å². The van der Waals surface area contributed by atoms with Crippen LogP contribution in [0.4, 0.5) is 0 Å². The zero-order valence-electron chi connectivity index (χ0n) is 12.9. The summed E-state index contributed by atoms with van der Waals surface area (Å²) < 4.78 is 7.35. The molecule has 1 aliphatic heterocycles. The van der Waals surface area contributed by atoms with E-state index in [1.54, 1.807) is 27.9 Å². The van der Waals surface area contributed by atoms with E-state index < -0.39 is 5.60 Å². The van der Waals surface area contributed by atoms with Gasteiger partial charge in [0.1, 0.15) is 5.76 Å². The lowest BCUT2D eigenvalue weighted by Crippen LogP contribution is -2.36. The predicted molar refractivity (Wildman–Crippen MR) is 81.8 cm³/mol. The first-order valence-electron chi connectivity index (χ1n) is 7.78. The number of furan rings is 1. The van der Waals surface area contributed by atoms with Gasteiger partial charge in [-0.25, -0.2) is 0 Å². The molecule has 7 heteroatoms. The third-order valence-electron chi connectivity index (χ3n) is 4.25. The van der Waals surface area contributed by atoms with E-state index in [2.05, 4.69) is 5.10 Å². The Morgan fingerprint density at radius 2 is 2.22 bits per heavy atom. The van der Waals surface area contributed by atoms with E-state index in [1.807, 2.05) is 12.3 Å². The second kappa shape index (κ2) is 6.55. The summed E-state index contributed by atoms with van der Waals surface area (Å²) >= 11 is 0. The second-order valence-corrected chi connectivity index (χ2v) is 6.00. The van der Waals surface area contributed by atoms with Crippen LogP contribution in [0.25, 0.3) is 0 Å². The summed E-state index contributed by atoms with van der Waals surface area (Å²) in [5.41, 5.74) is -1.08. The highest BCUT2D eigenvalue weighted by Gasteiger charge is 2.31. The average molecular weight is 319 g/mol. The highest BCUT2D eigenvalue weighted by Crippen LogP contribution is 2.23. The fourth-order valence-corrected chi connectivity index (χ4v) is 2.83. The van der Waals surface area contributed by atoms with Crippen molar-refractivity contribution in [1.82, 2.24) is 14.7 Å². The molecule has 1 aliphatic rings. The average Bonchev–Trinajstić information content (AvgIpc) is 3.18. The third-order valence-corrected chi connectivity index (χ3v) is 4.25. The van der Waals surface area contributed by atoms with Crippen molar-refractivity contribution in [3.63, 3.8) is 0 Å². The van der Waals surface area contributed by atoms with Crippen molar-refractivity contribution in [2.24, 2.45) is 0 Å². The summed E-state index contributed by atoms with van der Waals surface area (Å²) in [6.07, 6.45) is 5.04. The second-order valence-electron chi connectivity index (χ2n) is 6.00. The molecule has 1 saturated heterocycles. The van der Waals surface area contributed by atoms with Crippen molar-refractivity contribution in [1.29, 1.82) is 0 Å². The summed E-state index contributed by atoms with van der Waals surface area (Å²) in [7, 11) is 0. The number of hydrogen-bond acceptors (Lipinski definition) is 5. The number of nitrogens with zero attached hydrogens (tertiary/aromatic N) is 3. The van der Waals surface area contributed by atoms with Crippen molar-refractivity contribution in [3.05, 3.63) is 42.1 Å². The van der Waals surface area contributed by atoms with Gasteiger partial charge in [0.2, 0.25) is 0 Å². The van der Waals surface area contributed by atoms with E-state index in [1.165, 1.54) is 0 Å². The first kappa shape index (κ1) is 15.8. The van der Waals surface area contributed by atoms with Crippen LogP contribution < -0.4 is 0 Å². The normalized spacial score (nSPS) is 22.1. The quantitative estimate of drug-likeness (QED) is 0.872. The maximum atomic E-state index is 12.5. The number of aliphatic hydroxyl groups excluding tert-OH is 1. The van der Waals surface area contributed by atoms with Crippen LogP contribution >= 0.6 is 0 Å². The lowest BCUT2D eigenvalue weighted by molar-refractivity contribution is -0.0251. The molecule has 124 valence electrons. The molecule has 23 heavy (non-hydrogen) atoms. The van der Waals surface area contributed by atoms with Gasteiger partial charge >= 0.3 is 0 Å². The minimum absolute atomic E-state index is 0.182. The fraction of sp³-hybridized carbons (Fsp3) is 0.500. The van der Waals surface area contributed by atoms with Gasteiger partial charge in [-0.3, -0.25) is 9.48 Å². The first-order chi connectivity index (χ1) is 11.1. The number of aromatic nitrogens is 2. The van der Waals surface area contributed by atoms with Crippen LogP contribution in [0.1, 0.15) is 35.6 Å². The van der Waals surface area contributed by atoms with Crippen LogP contribution in [0.2, 0.25) is 0 Å². The molecule has 0 aliphatic carbocycles. The van der Waals surface area contributed by atoms with Gasteiger partial charge in [0.15, 0.2) is 5.76 Å². The molecule has 2 N–H and O–H groups in total. The molecule has 0 spiro atoms. The molecule has 1 amide bonds. The van der Waals surface area contributed by atoms with Crippen molar-refractivity contribution in [3.8, 4) is 0 Å². The number of hydrogen-bond donors (Lipinski definition) is 2. The molecule has 7 nitrogen and oxygen atoms in total. The van der Waals surface area contributed by atoms with E-state index in [0.717, 1.165) is 0 Å². The molecule has 3 rings (SSSR count). The molecule has 0 bridgehead atoms. The van der Waals surface area contributed by atoms with Gasteiger partial charge < -0.3 is 19.5 Å². The summed E-state index contributed by atoms with van der Waals surface area (Å²) in [5, 5.41) is 23.5. The van der Waals surface area contributed by atoms with E-state index in [9.17, 15) is 15.0 Å². The smallest absolute Gasteiger partial charge is 0.289 e. The van der Waals surface area contributed by atoms with Gasteiger partial charge in [-0.05, 0) is 37.5 Å². The first-order valence-corrected chi connectivity index (χ1v) is 7.78. The van der Waals surface area contributed by atoms with E-state index >= 15 is 0 Å².